The van der Waals surface area contributed by atoms with E-state index in [1.165, 1.54) is 19.2 Å². The van der Waals surface area contributed by atoms with Gasteiger partial charge in [-0.25, -0.2) is 17.9 Å². The first-order valence-corrected chi connectivity index (χ1v) is 6.79. The Morgan fingerprint density at radius 1 is 1.44 bits per heavy atom. The molecule has 0 bridgehead atoms. The Balaban J connectivity index is 3.08. The molecule has 0 atom stereocenters. The van der Waals surface area contributed by atoms with Gasteiger partial charge in [0.1, 0.15) is 0 Å². The third-order valence-corrected chi connectivity index (χ3v) is 3.74. The molecule has 1 aromatic rings. The molecule has 0 saturated carbocycles. The summed E-state index contributed by atoms with van der Waals surface area (Å²) in [5.74, 6) is -0.681. The summed E-state index contributed by atoms with van der Waals surface area (Å²) in [6.07, 6.45) is 2.12. The van der Waals surface area contributed by atoms with Crippen molar-refractivity contribution in [2.45, 2.75) is 11.3 Å². The van der Waals surface area contributed by atoms with Crippen LogP contribution in [-0.2, 0) is 14.8 Å². The first-order chi connectivity index (χ1) is 8.53. The summed E-state index contributed by atoms with van der Waals surface area (Å²) in [4.78, 5) is 11.4. The SMILES string of the molecule is C=CCCNS(=O)(=O)c1ccccc1C(=O)OC. The number of sulfonamides is 1. The zero-order chi connectivity index (χ0) is 13.6. The third-order valence-electron chi connectivity index (χ3n) is 2.22. The first-order valence-electron chi connectivity index (χ1n) is 5.31. The molecular weight excluding hydrogens is 254 g/mol. The number of hydrogen-bond acceptors (Lipinski definition) is 4. The van der Waals surface area contributed by atoms with E-state index in [0.29, 0.717) is 6.42 Å². The molecule has 0 aromatic heterocycles. The average Bonchev–Trinajstić information content (AvgIpc) is 2.38. The van der Waals surface area contributed by atoms with Crippen molar-refractivity contribution < 1.29 is 17.9 Å². The summed E-state index contributed by atoms with van der Waals surface area (Å²) in [7, 11) is -2.51. The summed E-state index contributed by atoms with van der Waals surface area (Å²) < 4.78 is 30.9. The summed E-state index contributed by atoms with van der Waals surface area (Å²) in [6, 6.07) is 5.90. The number of ether oxygens (including phenoxy) is 1. The molecule has 98 valence electrons. The zero-order valence-electron chi connectivity index (χ0n) is 10.0. The van der Waals surface area contributed by atoms with Crippen molar-refractivity contribution in [3.05, 3.63) is 42.5 Å². The molecule has 0 fully saturated rings. The quantitative estimate of drug-likeness (QED) is 0.480. The largest absolute Gasteiger partial charge is 0.465 e. The van der Waals surface area contributed by atoms with Gasteiger partial charge in [-0.1, -0.05) is 18.2 Å². The topological polar surface area (TPSA) is 72.5 Å². The maximum Gasteiger partial charge on any atom is 0.339 e. The molecular formula is C12H15NO4S. The Hall–Kier alpha value is -1.66. The molecule has 0 aliphatic rings. The van der Waals surface area contributed by atoms with E-state index in [1.54, 1.807) is 18.2 Å². The first kappa shape index (κ1) is 14.4. The van der Waals surface area contributed by atoms with E-state index >= 15 is 0 Å². The van der Waals surface area contributed by atoms with Crippen LogP contribution in [0.1, 0.15) is 16.8 Å². The van der Waals surface area contributed by atoms with Crippen molar-refractivity contribution in [1.29, 1.82) is 0 Å². The molecule has 0 spiro atoms. The second-order valence-electron chi connectivity index (χ2n) is 3.46. The molecule has 0 aliphatic carbocycles. The zero-order valence-corrected chi connectivity index (χ0v) is 10.9. The third kappa shape index (κ3) is 3.41. The van der Waals surface area contributed by atoms with Crippen LogP contribution in [0.2, 0.25) is 0 Å². The van der Waals surface area contributed by atoms with E-state index in [4.69, 9.17) is 0 Å². The van der Waals surface area contributed by atoms with Crippen LogP contribution in [0.15, 0.2) is 41.8 Å². The van der Waals surface area contributed by atoms with E-state index in [9.17, 15) is 13.2 Å². The minimum absolute atomic E-state index is 0.0195. The van der Waals surface area contributed by atoms with Crippen molar-refractivity contribution in [3.63, 3.8) is 0 Å². The lowest BCUT2D eigenvalue weighted by Gasteiger charge is -2.09. The van der Waals surface area contributed by atoms with E-state index in [0.717, 1.165) is 0 Å². The molecule has 0 unspecified atom stereocenters. The van der Waals surface area contributed by atoms with Gasteiger partial charge in [0.05, 0.1) is 17.6 Å². The van der Waals surface area contributed by atoms with Crippen molar-refractivity contribution in [2.24, 2.45) is 0 Å². The minimum Gasteiger partial charge on any atom is -0.465 e. The smallest absolute Gasteiger partial charge is 0.339 e. The fourth-order valence-electron chi connectivity index (χ4n) is 1.35. The molecule has 6 heteroatoms. The number of rotatable bonds is 6. The molecule has 0 aliphatic heterocycles. The number of carbonyl (C=O) groups is 1. The maximum atomic E-state index is 12.0. The number of methoxy groups -OCH3 is 1. The van der Waals surface area contributed by atoms with E-state index in [2.05, 4.69) is 16.0 Å². The van der Waals surface area contributed by atoms with Crippen LogP contribution < -0.4 is 4.72 Å². The lowest BCUT2D eigenvalue weighted by atomic mass is 10.2. The number of carbonyl (C=O) groups excluding carboxylic acids is 1. The van der Waals surface area contributed by atoms with Crippen LogP contribution in [0, 0.1) is 0 Å². The molecule has 0 heterocycles. The molecule has 0 radical (unpaired) electrons. The Labute approximate surface area is 107 Å². The van der Waals surface area contributed by atoms with Crippen LogP contribution in [0.5, 0.6) is 0 Å². The molecule has 0 amide bonds. The van der Waals surface area contributed by atoms with Crippen LogP contribution >= 0.6 is 0 Å². The second kappa shape index (κ2) is 6.32. The fraction of sp³-hybridized carbons (Fsp3) is 0.250. The van der Waals surface area contributed by atoms with Gasteiger partial charge < -0.3 is 4.74 Å². The summed E-state index contributed by atoms with van der Waals surface area (Å²) >= 11 is 0. The standard InChI is InChI=1S/C12H15NO4S/c1-3-4-9-13-18(15,16)11-8-6-5-7-10(11)12(14)17-2/h3,5-8,13H,1,4,9H2,2H3. The Morgan fingerprint density at radius 2 is 2.11 bits per heavy atom. The predicted molar refractivity (Wildman–Crippen MR) is 67.8 cm³/mol. The normalized spacial score (nSPS) is 10.9. The van der Waals surface area contributed by atoms with E-state index in [-0.39, 0.29) is 17.0 Å². The molecule has 18 heavy (non-hydrogen) atoms. The highest BCUT2D eigenvalue weighted by atomic mass is 32.2. The number of hydrogen-bond donors (Lipinski definition) is 1. The Kier molecular flexibility index (Phi) is 5.06. The second-order valence-corrected chi connectivity index (χ2v) is 5.20. The highest BCUT2D eigenvalue weighted by molar-refractivity contribution is 7.89. The maximum absolute atomic E-state index is 12.0. The van der Waals surface area contributed by atoms with Crippen LogP contribution in [0.3, 0.4) is 0 Å². The lowest BCUT2D eigenvalue weighted by Crippen LogP contribution is -2.26. The highest BCUT2D eigenvalue weighted by Gasteiger charge is 2.21. The van der Waals surface area contributed by atoms with Crippen LogP contribution in [-0.4, -0.2) is 28.0 Å². The lowest BCUT2D eigenvalue weighted by molar-refractivity contribution is 0.0596. The van der Waals surface area contributed by atoms with Crippen molar-refractivity contribution >= 4 is 16.0 Å². The fourth-order valence-corrected chi connectivity index (χ4v) is 2.59. The summed E-state index contributed by atoms with van der Waals surface area (Å²) in [6.45, 7) is 3.74. The van der Waals surface area contributed by atoms with Gasteiger partial charge in [0.2, 0.25) is 10.0 Å². The van der Waals surface area contributed by atoms with Gasteiger partial charge in [-0.15, -0.1) is 6.58 Å². The number of benzene rings is 1. The van der Waals surface area contributed by atoms with Gasteiger partial charge in [0.15, 0.2) is 0 Å². The molecule has 5 nitrogen and oxygen atoms in total. The average molecular weight is 269 g/mol. The summed E-state index contributed by atoms with van der Waals surface area (Å²) in [5, 5.41) is 0. The van der Waals surface area contributed by atoms with Crippen LogP contribution in [0.25, 0.3) is 0 Å². The highest BCUT2D eigenvalue weighted by Crippen LogP contribution is 2.16. The number of esters is 1. The van der Waals surface area contributed by atoms with Crippen LogP contribution in [0.4, 0.5) is 0 Å². The van der Waals surface area contributed by atoms with E-state index < -0.39 is 16.0 Å². The van der Waals surface area contributed by atoms with Crippen molar-refractivity contribution in [2.75, 3.05) is 13.7 Å². The summed E-state index contributed by atoms with van der Waals surface area (Å²) in [5.41, 5.74) is 0.0195. The predicted octanol–water partition coefficient (Wildman–Crippen LogP) is 1.33. The number of nitrogens with one attached hydrogen (secondary N) is 1. The van der Waals surface area contributed by atoms with Gasteiger partial charge in [0.25, 0.3) is 0 Å². The van der Waals surface area contributed by atoms with Crippen molar-refractivity contribution in [3.8, 4) is 0 Å². The molecule has 1 rings (SSSR count). The molecule has 1 aromatic carbocycles. The van der Waals surface area contributed by atoms with Gasteiger partial charge in [-0.05, 0) is 18.6 Å². The van der Waals surface area contributed by atoms with E-state index in [1.807, 2.05) is 0 Å². The monoisotopic (exact) mass is 269 g/mol. The Bertz CT molecular complexity index is 537. The molecule has 0 saturated heterocycles. The van der Waals surface area contributed by atoms with Gasteiger partial charge in [-0.2, -0.15) is 0 Å². The van der Waals surface area contributed by atoms with Gasteiger partial charge >= 0.3 is 5.97 Å². The minimum atomic E-state index is -3.72. The Morgan fingerprint density at radius 3 is 2.72 bits per heavy atom. The van der Waals surface area contributed by atoms with Crippen molar-refractivity contribution in [1.82, 2.24) is 4.72 Å². The molecule has 1 N–H and O–H groups in total. The van der Waals surface area contributed by atoms with Gasteiger partial charge in [-0.3, -0.25) is 0 Å². The van der Waals surface area contributed by atoms with Gasteiger partial charge in [0, 0.05) is 6.54 Å².